The number of urea groups is 1. The molecular weight excluding hydrogens is 306 g/mol. The van der Waals surface area contributed by atoms with Gasteiger partial charge in [0.25, 0.3) is 5.91 Å². The van der Waals surface area contributed by atoms with Crippen LogP contribution < -0.4 is 10.6 Å². The van der Waals surface area contributed by atoms with Crippen molar-refractivity contribution in [1.82, 2.24) is 15.5 Å². The highest BCUT2D eigenvalue weighted by Gasteiger charge is 2.52. The fourth-order valence-electron chi connectivity index (χ4n) is 4.40. The van der Waals surface area contributed by atoms with Crippen molar-refractivity contribution in [1.29, 1.82) is 0 Å². The van der Waals surface area contributed by atoms with E-state index >= 15 is 0 Å². The van der Waals surface area contributed by atoms with Crippen molar-refractivity contribution >= 4 is 17.8 Å². The monoisotopic (exact) mass is 335 g/mol. The molecular formula is C18H29N3O3. The summed E-state index contributed by atoms with van der Waals surface area (Å²) in [6.07, 6.45) is 9.03. The normalized spacial score (nSPS) is 29.1. The summed E-state index contributed by atoms with van der Waals surface area (Å²) < 4.78 is 0. The van der Waals surface area contributed by atoms with Gasteiger partial charge in [-0.2, -0.15) is 0 Å². The number of hydrogen-bond donors (Lipinski definition) is 2. The lowest BCUT2D eigenvalue weighted by atomic mass is 9.86. The van der Waals surface area contributed by atoms with E-state index in [9.17, 15) is 14.4 Å². The van der Waals surface area contributed by atoms with E-state index in [4.69, 9.17) is 0 Å². The van der Waals surface area contributed by atoms with Crippen molar-refractivity contribution < 1.29 is 14.4 Å². The first-order chi connectivity index (χ1) is 11.5. The second-order valence-corrected chi connectivity index (χ2v) is 7.72. The maximum atomic E-state index is 12.5. The van der Waals surface area contributed by atoms with Gasteiger partial charge in [0.05, 0.1) is 0 Å². The smallest absolute Gasteiger partial charge is 0.325 e. The lowest BCUT2D eigenvalue weighted by Crippen LogP contribution is -2.44. The van der Waals surface area contributed by atoms with Gasteiger partial charge < -0.3 is 10.6 Å². The molecule has 0 bridgehead atoms. The third-order valence-corrected chi connectivity index (χ3v) is 5.95. The van der Waals surface area contributed by atoms with Gasteiger partial charge >= 0.3 is 6.03 Å². The van der Waals surface area contributed by atoms with Gasteiger partial charge in [0.2, 0.25) is 5.91 Å². The third kappa shape index (κ3) is 3.42. The van der Waals surface area contributed by atoms with Crippen LogP contribution in [-0.4, -0.2) is 40.9 Å². The zero-order valence-electron chi connectivity index (χ0n) is 14.6. The Morgan fingerprint density at radius 3 is 2.62 bits per heavy atom. The molecule has 1 spiro atoms. The number of carbonyl (C=O) groups is 3. The van der Waals surface area contributed by atoms with Gasteiger partial charge in [-0.1, -0.05) is 32.6 Å². The van der Waals surface area contributed by atoms with Crippen LogP contribution in [0, 0.1) is 5.92 Å². The van der Waals surface area contributed by atoms with E-state index in [1.165, 1.54) is 24.2 Å². The number of hydrogen-bond acceptors (Lipinski definition) is 3. The quantitative estimate of drug-likeness (QED) is 0.757. The van der Waals surface area contributed by atoms with Gasteiger partial charge in [0, 0.05) is 19.0 Å². The number of imide groups is 1. The Morgan fingerprint density at radius 1 is 1.21 bits per heavy atom. The zero-order valence-corrected chi connectivity index (χ0v) is 14.6. The van der Waals surface area contributed by atoms with Crippen LogP contribution in [0.15, 0.2) is 0 Å². The highest BCUT2D eigenvalue weighted by atomic mass is 16.2. The van der Waals surface area contributed by atoms with Gasteiger partial charge in [-0.15, -0.1) is 0 Å². The molecule has 2 N–H and O–H groups in total. The average molecular weight is 335 g/mol. The Labute approximate surface area is 143 Å². The Kier molecular flexibility index (Phi) is 5.11. The number of rotatable bonds is 5. The molecule has 1 heterocycles. The lowest BCUT2D eigenvalue weighted by Gasteiger charge is -2.29. The second-order valence-electron chi connectivity index (χ2n) is 7.72. The third-order valence-electron chi connectivity index (χ3n) is 5.95. The zero-order chi connectivity index (χ0) is 17.2. The molecule has 0 aromatic heterocycles. The number of carbonyl (C=O) groups excluding carboxylic acids is 3. The van der Waals surface area contributed by atoms with Crippen molar-refractivity contribution in [3.05, 3.63) is 0 Å². The summed E-state index contributed by atoms with van der Waals surface area (Å²) in [4.78, 5) is 38.0. The summed E-state index contributed by atoms with van der Waals surface area (Å²) >= 11 is 0. The first-order valence-electron chi connectivity index (χ1n) is 9.45. The van der Waals surface area contributed by atoms with Crippen LogP contribution in [0.25, 0.3) is 0 Å². The largest absolute Gasteiger partial charge is 0.353 e. The van der Waals surface area contributed by atoms with Crippen molar-refractivity contribution in [2.45, 2.75) is 82.7 Å². The number of nitrogens with zero attached hydrogens (tertiary/aromatic N) is 1. The molecule has 2 aliphatic carbocycles. The molecule has 3 aliphatic rings. The summed E-state index contributed by atoms with van der Waals surface area (Å²) in [5, 5.41) is 6.00. The maximum absolute atomic E-state index is 12.5. The summed E-state index contributed by atoms with van der Waals surface area (Å²) in [6.45, 7) is 2.53. The Morgan fingerprint density at radius 2 is 1.92 bits per heavy atom. The predicted octanol–water partition coefficient (Wildman–Crippen LogP) is 2.33. The summed E-state index contributed by atoms with van der Waals surface area (Å²) in [7, 11) is 0. The van der Waals surface area contributed by atoms with Gasteiger partial charge in [-0.3, -0.25) is 14.5 Å². The van der Waals surface area contributed by atoms with Gasteiger partial charge in [-0.25, -0.2) is 4.79 Å². The topological polar surface area (TPSA) is 78.5 Å². The molecule has 2 unspecified atom stereocenters. The van der Waals surface area contributed by atoms with E-state index in [2.05, 4.69) is 17.6 Å². The van der Waals surface area contributed by atoms with Crippen LogP contribution in [0.1, 0.15) is 71.1 Å². The minimum absolute atomic E-state index is 0.0383. The molecule has 0 aromatic rings. The predicted molar refractivity (Wildman–Crippen MR) is 90.2 cm³/mol. The summed E-state index contributed by atoms with van der Waals surface area (Å²) in [5.74, 6) is 0.485. The molecule has 2 saturated carbocycles. The molecule has 134 valence electrons. The SMILES string of the molecule is CC1CCCCC1NC(=O)CCCN1C(=O)NC2(CCCC2)C1=O. The highest BCUT2D eigenvalue weighted by Crippen LogP contribution is 2.35. The fourth-order valence-corrected chi connectivity index (χ4v) is 4.40. The van der Waals surface area contributed by atoms with E-state index in [0.29, 0.717) is 25.3 Å². The molecule has 2 atom stereocenters. The van der Waals surface area contributed by atoms with Crippen molar-refractivity contribution in [3.8, 4) is 0 Å². The van der Waals surface area contributed by atoms with E-state index in [1.54, 1.807) is 0 Å². The molecule has 3 fully saturated rings. The van der Waals surface area contributed by atoms with Gasteiger partial charge in [0.15, 0.2) is 0 Å². The Hall–Kier alpha value is -1.59. The molecule has 4 amide bonds. The van der Waals surface area contributed by atoms with Crippen molar-refractivity contribution in [3.63, 3.8) is 0 Å². The van der Waals surface area contributed by atoms with Crippen LogP contribution in [0.2, 0.25) is 0 Å². The van der Waals surface area contributed by atoms with E-state index in [1.807, 2.05) is 0 Å². The molecule has 1 saturated heterocycles. The molecule has 3 rings (SSSR count). The van der Waals surface area contributed by atoms with Crippen molar-refractivity contribution in [2.24, 2.45) is 5.92 Å². The molecule has 1 aliphatic heterocycles. The summed E-state index contributed by atoms with van der Waals surface area (Å²) in [6, 6.07) is -0.00654. The average Bonchev–Trinajstić information content (AvgIpc) is 3.10. The first kappa shape index (κ1) is 17.2. The maximum Gasteiger partial charge on any atom is 0.325 e. The Bertz CT molecular complexity index is 514. The second kappa shape index (κ2) is 7.11. The Balaban J connectivity index is 1.43. The summed E-state index contributed by atoms with van der Waals surface area (Å²) in [5.41, 5.74) is -0.642. The minimum Gasteiger partial charge on any atom is -0.353 e. The van der Waals surface area contributed by atoms with Gasteiger partial charge in [0.1, 0.15) is 5.54 Å². The highest BCUT2D eigenvalue weighted by molar-refractivity contribution is 6.07. The molecule has 24 heavy (non-hydrogen) atoms. The molecule has 0 aromatic carbocycles. The fraction of sp³-hybridized carbons (Fsp3) is 0.833. The van der Waals surface area contributed by atoms with Gasteiger partial charge in [-0.05, 0) is 38.0 Å². The van der Waals surface area contributed by atoms with E-state index in [-0.39, 0.29) is 23.9 Å². The minimum atomic E-state index is -0.642. The van der Waals surface area contributed by atoms with Crippen LogP contribution in [0.3, 0.4) is 0 Å². The number of amides is 4. The molecule has 0 radical (unpaired) electrons. The molecule has 6 heteroatoms. The van der Waals surface area contributed by atoms with Crippen LogP contribution in [0.5, 0.6) is 0 Å². The van der Waals surface area contributed by atoms with Crippen LogP contribution in [0.4, 0.5) is 4.79 Å². The number of nitrogens with one attached hydrogen (secondary N) is 2. The first-order valence-corrected chi connectivity index (χ1v) is 9.45. The van der Waals surface area contributed by atoms with E-state index < -0.39 is 5.54 Å². The standard InChI is InChI=1S/C18H29N3O3/c1-13-7-2-3-8-14(13)19-15(22)9-6-12-21-16(23)18(20-17(21)24)10-4-5-11-18/h13-14H,2-12H2,1H3,(H,19,22)(H,20,24). The van der Waals surface area contributed by atoms with E-state index in [0.717, 1.165) is 32.1 Å². The van der Waals surface area contributed by atoms with Crippen LogP contribution in [-0.2, 0) is 9.59 Å². The lowest BCUT2D eigenvalue weighted by molar-refractivity contribution is -0.131. The van der Waals surface area contributed by atoms with Crippen molar-refractivity contribution in [2.75, 3.05) is 6.54 Å². The van der Waals surface area contributed by atoms with Crippen LogP contribution >= 0.6 is 0 Å². The molecule has 6 nitrogen and oxygen atoms in total.